The van der Waals surface area contributed by atoms with E-state index in [4.69, 9.17) is 46.4 Å². The zero-order valence-electron chi connectivity index (χ0n) is 6.78. The van der Waals surface area contributed by atoms with Gasteiger partial charge in [0.05, 0.1) is 0 Å². The average Bonchev–Trinajstić information content (AvgIpc) is 1.82. The van der Waals surface area contributed by atoms with E-state index in [-0.39, 0.29) is 0 Å². The first-order chi connectivity index (χ1) is 5.27. The van der Waals surface area contributed by atoms with Crippen molar-refractivity contribution in [3.63, 3.8) is 0 Å². The van der Waals surface area contributed by atoms with Crippen LogP contribution >= 0.6 is 46.4 Å². The van der Waals surface area contributed by atoms with Gasteiger partial charge in [-0.15, -0.1) is 34.8 Å². The predicted molar refractivity (Wildman–Crippen MR) is 54.4 cm³/mol. The van der Waals surface area contributed by atoms with Crippen molar-refractivity contribution in [1.82, 2.24) is 0 Å². The summed E-state index contributed by atoms with van der Waals surface area (Å²) in [4.78, 5) is 10.2. The number of carbonyl (C=O) groups excluding carboxylic acids is 1. The highest BCUT2D eigenvalue weighted by molar-refractivity contribution is 6.69. The molecule has 0 radical (unpaired) electrons. The van der Waals surface area contributed by atoms with Gasteiger partial charge in [-0.3, -0.25) is 4.79 Å². The fourth-order valence-electron chi connectivity index (χ4n) is 0.808. The van der Waals surface area contributed by atoms with Crippen molar-refractivity contribution >= 4 is 51.6 Å². The summed E-state index contributed by atoms with van der Waals surface area (Å²) in [6.07, 6.45) is 0.433. The van der Waals surface area contributed by atoms with Gasteiger partial charge in [0.25, 0.3) is 0 Å². The Bertz CT molecular complexity index is 167. The Morgan fingerprint density at radius 1 is 1.33 bits per heavy atom. The Hall–Kier alpha value is 0.830. The van der Waals surface area contributed by atoms with Crippen LogP contribution in [0.4, 0.5) is 0 Å². The third-order valence-electron chi connectivity index (χ3n) is 1.57. The second-order valence-electron chi connectivity index (χ2n) is 3.25. The molecule has 0 saturated heterocycles. The molecule has 0 fully saturated rings. The molecular formula is C7H10Cl4O. The van der Waals surface area contributed by atoms with Crippen molar-refractivity contribution in [1.29, 1.82) is 0 Å². The van der Waals surface area contributed by atoms with Crippen LogP contribution in [-0.4, -0.2) is 15.5 Å². The van der Waals surface area contributed by atoms with E-state index < -0.39 is 20.9 Å². The maximum absolute atomic E-state index is 10.7. The van der Waals surface area contributed by atoms with Gasteiger partial charge in [-0.25, -0.2) is 0 Å². The van der Waals surface area contributed by atoms with Crippen LogP contribution in [0.3, 0.4) is 0 Å². The molecule has 0 aliphatic rings. The Labute approximate surface area is 92.3 Å². The Kier molecular flexibility index (Phi) is 5.24. The van der Waals surface area contributed by atoms with Gasteiger partial charge in [0.15, 0.2) is 0 Å². The molecule has 1 nitrogen and oxygen atoms in total. The Morgan fingerprint density at radius 2 is 1.75 bits per heavy atom. The van der Waals surface area contributed by atoms with Gasteiger partial charge >= 0.3 is 0 Å². The highest BCUT2D eigenvalue weighted by atomic mass is 35.5. The van der Waals surface area contributed by atoms with Crippen molar-refractivity contribution in [2.45, 2.75) is 30.5 Å². The minimum absolute atomic E-state index is 0.433. The average molecular weight is 252 g/mol. The minimum Gasteiger partial charge on any atom is -0.280 e. The van der Waals surface area contributed by atoms with Crippen LogP contribution in [0, 0.1) is 5.41 Å². The molecule has 1 atom stereocenters. The molecule has 0 amide bonds. The number of carbonyl (C=O) groups is 1. The first-order valence-electron chi connectivity index (χ1n) is 3.39. The molecule has 0 aromatic heterocycles. The van der Waals surface area contributed by atoms with Gasteiger partial charge < -0.3 is 0 Å². The van der Waals surface area contributed by atoms with E-state index in [2.05, 4.69) is 0 Å². The molecule has 0 aliphatic carbocycles. The summed E-state index contributed by atoms with van der Waals surface area (Å²) in [5.41, 5.74) is -0.478. The third kappa shape index (κ3) is 4.18. The quantitative estimate of drug-likeness (QED) is 0.552. The smallest absolute Gasteiger partial charge is 0.240 e. The third-order valence-corrected chi connectivity index (χ3v) is 2.99. The van der Waals surface area contributed by atoms with Crippen LogP contribution < -0.4 is 0 Å². The van der Waals surface area contributed by atoms with E-state index in [0.717, 1.165) is 0 Å². The molecule has 0 spiro atoms. The van der Waals surface area contributed by atoms with Crippen LogP contribution in [0.1, 0.15) is 20.3 Å². The zero-order valence-corrected chi connectivity index (χ0v) is 9.81. The van der Waals surface area contributed by atoms with Crippen LogP contribution in [0.25, 0.3) is 0 Å². The van der Waals surface area contributed by atoms with Gasteiger partial charge in [-0.2, -0.15) is 0 Å². The topological polar surface area (TPSA) is 17.1 Å². The van der Waals surface area contributed by atoms with E-state index in [0.29, 0.717) is 6.42 Å². The van der Waals surface area contributed by atoms with E-state index >= 15 is 0 Å². The summed E-state index contributed by atoms with van der Waals surface area (Å²) in [5.74, 6) is 0. The fraction of sp³-hybridized carbons (Fsp3) is 0.857. The lowest BCUT2D eigenvalue weighted by molar-refractivity contribution is -0.113. The number of alkyl halides is 3. The van der Waals surface area contributed by atoms with Crippen molar-refractivity contribution in [2.24, 2.45) is 5.41 Å². The van der Waals surface area contributed by atoms with Crippen LogP contribution in [-0.2, 0) is 4.79 Å². The number of hydrogen-bond acceptors (Lipinski definition) is 1. The molecule has 12 heavy (non-hydrogen) atoms. The molecule has 72 valence electrons. The Morgan fingerprint density at radius 3 is 2.00 bits per heavy atom. The van der Waals surface area contributed by atoms with Crippen LogP contribution in [0.2, 0.25) is 0 Å². The summed E-state index contributed by atoms with van der Waals surface area (Å²) in [5, 5.41) is -1.32. The molecule has 0 heterocycles. The molecule has 0 saturated carbocycles. The number of halogens is 4. The standard InChI is InChI=1S/C7H10Cl4O/c1-7(2,3-4(8)9)5(10)6(11)12/h4-5H,3H2,1-2H3. The highest BCUT2D eigenvalue weighted by Gasteiger charge is 2.33. The first kappa shape index (κ1) is 12.8. The molecule has 0 aromatic rings. The molecule has 0 bridgehead atoms. The molecule has 0 aliphatic heterocycles. The van der Waals surface area contributed by atoms with E-state index in [1.54, 1.807) is 13.8 Å². The van der Waals surface area contributed by atoms with Crippen molar-refractivity contribution in [3.8, 4) is 0 Å². The maximum atomic E-state index is 10.7. The van der Waals surface area contributed by atoms with Gasteiger partial charge in [0, 0.05) is 0 Å². The summed E-state index contributed by atoms with van der Waals surface area (Å²) >= 11 is 22.1. The van der Waals surface area contributed by atoms with Gasteiger partial charge in [-0.05, 0) is 23.4 Å². The van der Waals surface area contributed by atoms with E-state index in [1.165, 1.54) is 0 Å². The van der Waals surface area contributed by atoms with E-state index in [1.807, 2.05) is 0 Å². The van der Waals surface area contributed by atoms with Crippen LogP contribution in [0.5, 0.6) is 0 Å². The molecule has 1 unspecified atom stereocenters. The number of hydrogen-bond donors (Lipinski definition) is 0. The van der Waals surface area contributed by atoms with Crippen molar-refractivity contribution in [3.05, 3.63) is 0 Å². The van der Waals surface area contributed by atoms with Gasteiger partial charge in [-0.1, -0.05) is 13.8 Å². The van der Waals surface area contributed by atoms with Crippen molar-refractivity contribution < 1.29 is 4.79 Å². The highest BCUT2D eigenvalue weighted by Crippen LogP contribution is 2.34. The molecule has 0 aromatic carbocycles. The molecular weight excluding hydrogens is 242 g/mol. The SMILES string of the molecule is CC(C)(CC(Cl)Cl)C(Cl)C(=O)Cl. The molecule has 0 N–H and O–H groups in total. The molecule has 5 heteroatoms. The summed E-state index contributed by atoms with van der Waals surface area (Å²) in [6.45, 7) is 3.59. The summed E-state index contributed by atoms with van der Waals surface area (Å²) in [6, 6.07) is 0. The lowest BCUT2D eigenvalue weighted by Crippen LogP contribution is -2.31. The van der Waals surface area contributed by atoms with E-state index in [9.17, 15) is 4.79 Å². The monoisotopic (exact) mass is 250 g/mol. The summed E-state index contributed by atoms with van der Waals surface area (Å²) in [7, 11) is 0. The fourth-order valence-corrected chi connectivity index (χ4v) is 1.99. The normalized spacial score (nSPS) is 14.9. The lowest BCUT2D eigenvalue weighted by Gasteiger charge is -2.27. The van der Waals surface area contributed by atoms with Crippen LogP contribution in [0.15, 0.2) is 0 Å². The maximum Gasteiger partial charge on any atom is 0.240 e. The second kappa shape index (κ2) is 4.90. The zero-order chi connectivity index (χ0) is 9.94. The largest absolute Gasteiger partial charge is 0.280 e. The second-order valence-corrected chi connectivity index (χ2v) is 5.34. The Balaban J connectivity index is 4.28. The summed E-state index contributed by atoms with van der Waals surface area (Å²) < 4.78 is 0. The minimum atomic E-state index is -0.751. The first-order valence-corrected chi connectivity index (χ1v) is 5.07. The molecule has 0 rings (SSSR count). The predicted octanol–water partition coefficient (Wildman–Crippen LogP) is 3.58. The van der Waals surface area contributed by atoms with Crippen molar-refractivity contribution in [2.75, 3.05) is 0 Å². The van der Waals surface area contributed by atoms with Gasteiger partial charge in [0.1, 0.15) is 10.2 Å². The lowest BCUT2D eigenvalue weighted by atomic mass is 9.86. The number of rotatable bonds is 4. The van der Waals surface area contributed by atoms with Gasteiger partial charge in [0.2, 0.25) is 5.24 Å².